The van der Waals surface area contributed by atoms with Gasteiger partial charge in [0.15, 0.2) is 5.60 Å². The van der Waals surface area contributed by atoms with Gasteiger partial charge in [0.05, 0.1) is 19.3 Å². The highest BCUT2D eigenvalue weighted by molar-refractivity contribution is 5.77. The monoisotopic (exact) mass is 440 g/mol. The lowest BCUT2D eigenvalue weighted by atomic mass is 9.84. The Morgan fingerprint density at radius 1 is 1.25 bits per heavy atom. The number of carbonyl (C=O) groups is 1. The second-order valence-corrected chi connectivity index (χ2v) is 10.1. The van der Waals surface area contributed by atoms with E-state index in [2.05, 4.69) is 18.8 Å². The largest absolute Gasteiger partial charge is 0.491 e. The van der Waals surface area contributed by atoms with Crippen molar-refractivity contribution in [2.45, 2.75) is 58.2 Å². The van der Waals surface area contributed by atoms with Crippen LogP contribution in [0.2, 0.25) is 0 Å². The van der Waals surface area contributed by atoms with Gasteiger partial charge in [-0.15, -0.1) is 0 Å². The molecule has 2 aliphatic rings. The van der Waals surface area contributed by atoms with E-state index in [9.17, 15) is 9.90 Å². The molecule has 1 saturated heterocycles. The lowest BCUT2D eigenvalue weighted by Crippen LogP contribution is -2.53. The molecule has 0 bridgehead atoms. The van der Waals surface area contributed by atoms with Crippen molar-refractivity contribution < 1.29 is 24.1 Å². The number of rotatable bonds is 6. The van der Waals surface area contributed by atoms with Gasteiger partial charge in [-0.05, 0) is 56.9 Å². The summed E-state index contributed by atoms with van der Waals surface area (Å²) in [6, 6.07) is 7.54. The molecule has 1 aromatic heterocycles. The molecule has 0 radical (unpaired) electrons. The Hall–Kier alpha value is -2.80. The minimum atomic E-state index is -0.933. The minimum absolute atomic E-state index is 0.261. The summed E-state index contributed by atoms with van der Waals surface area (Å²) in [6.45, 7) is 11.2. The van der Waals surface area contributed by atoms with E-state index in [-0.39, 0.29) is 12.6 Å². The summed E-state index contributed by atoms with van der Waals surface area (Å²) in [7, 11) is 0. The molecule has 1 amide bonds. The lowest BCUT2D eigenvalue weighted by Gasteiger charge is -2.45. The zero-order chi connectivity index (χ0) is 23.1. The molecular formula is C25H32N2O5. The number of amides is 1. The molecule has 4 rings (SSSR count). The molecule has 7 nitrogen and oxygen atoms in total. The van der Waals surface area contributed by atoms with Gasteiger partial charge in [0.25, 0.3) is 0 Å². The summed E-state index contributed by atoms with van der Waals surface area (Å²) in [5, 5.41) is 9.87. The van der Waals surface area contributed by atoms with E-state index in [0.717, 1.165) is 22.4 Å². The molecule has 1 N–H and O–H groups in total. The van der Waals surface area contributed by atoms with E-state index in [4.69, 9.17) is 14.2 Å². The summed E-state index contributed by atoms with van der Waals surface area (Å²) >= 11 is 0. The van der Waals surface area contributed by atoms with Crippen LogP contribution in [-0.4, -0.2) is 52.5 Å². The second-order valence-electron chi connectivity index (χ2n) is 10.1. The quantitative estimate of drug-likeness (QED) is 0.685. The van der Waals surface area contributed by atoms with Gasteiger partial charge in [-0.25, -0.2) is 4.79 Å². The molecule has 2 aromatic rings. The van der Waals surface area contributed by atoms with Crippen LogP contribution in [0, 0.1) is 5.92 Å². The van der Waals surface area contributed by atoms with Crippen molar-refractivity contribution in [1.29, 1.82) is 0 Å². The number of ether oxygens (including phenoxy) is 3. The van der Waals surface area contributed by atoms with Crippen molar-refractivity contribution in [2.24, 2.45) is 5.92 Å². The van der Waals surface area contributed by atoms with Gasteiger partial charge in [-0.2, -0.15) is 0 Å². The molecule has 3 heterocycles. The Bertz CT molecular complexity index is 994. The highest BCUT2D eigenvalue weighted by atomic mass is 16.6. The predicted octanol–water partition coefficient (Wildman–Crippen LogP) is 4.94. The van der Waals surface area contributed by atoms with E-state index in [0.29, 0.717) is 31.3 Å². The van der Waals surface area contributed by atoms with Crippen LogP contribution in [0.1, 0.15) is 46.6 Å². The summed E-state index contributed by atoms with van der Waals surface area (Å²) in [4.78, 5) is 17.8. The Balaban J connectivity index is 1.58. The minimum Gasteiger partial charge on any atom is -0.491 e. The molecule has 2 aliphatic heterocycles. The van der Waals surface area contributed by atoms with Crippen molar-refractivity contribution >= 4 is 6.09 Å². The van der Waals surface area contributed by atoms with Crippen LogP contribution in [0.3, 0.4) is 0 Å². The number of carboxylic acid groups (broad SMARTS) is 1. The fraction of sp³-hybridized carbons (Fsp3) is 0.520. The van der Waals surface area contributed by atoms with Gasteiger partial charge in [0, 0.05) is 35.1 Å². The van der Waals surface area contributed by atoms with Crippen LogP contribution >= 0.6 is 0 Å². The maximum Gasteiger partial charge on any atom is 0.408 e. The molecule has 172 valence electrons. The van der Waals surface area contributed by atoms with Gasteiger partial charge in [0.2, 0.25) is 0 Å². The normalized spacial score (nSPS) is 17.1. The molecule has 1 fully saturated rings. The molecular weight excluding hydrogens is 408 g/mol. The first-order chi connectivity index (χ1) is 15.1. The van der Waals surface area contributed by atoms with Gasteiger partial charge >= 0.3 is 6.09 Å². The summed E-state index contributed by atoms with van der Waals surface area (Å²) in [5.74, 6) is 1.74. The molecule has 1 spiro atoms. The van der Waals surface area contributed by atoms with E-state index >= 15 is 0 Å². The first kappa shape index (κ1) is 22.4. The van der Waals surface area contributed by atoms with Crippen LogP contribution in [0.5, 0.6) is 11.5 Å². The van der Waals surface area contributed by atoms with Crippen molar-refractivity contribution in [3.05, 3.63) is 42.2 Å². The number of hydrogen-bond acceptors (Lipinski definition) is 5. The molecule has 1 aromatic carbocycles. The van der Waals surface area contributed by atoms with Gasteiger partial charge in [-0.3, -0.25) is 9.88 Å². The molecule has 0 unspecified atom stereocenters. The standard InChI is InChI=1S/C25H32N2O5/c1-16(2)10-17(27(23(28)29)24(3,4)5)13-31-18-6-7-20-19-8-9-26-12-21(19)25(14-30-15-25)32-22(20)11-18/h6-9,11-12,16-17H,10,13-15H2,1-5H3,(H,28,29)/t17-/m0/s1. The fourth-order valence-electron chi connectivity index (χ4n) is 4.63. The number of nitrogens with zero attached hydrogens (tertiary/aromatic N) is 2. The molecule has 7 heteroatoms. The van der Waals surface area contributed by atoms with Crippen molar-refractivity contribution in [1.82, 2.24) is 9.88 Å². The average Bonchev–Trinajstić information content (AvgIpc) is 2.68. The van der Waals surface area contributed by atoms with Crippen molar-refractivity contribution in [2.75, 3.05) is 19.8 Å². The lowest BCUT2D eigenvalue weighted by molar-refractivity contribution is -0.169. The van der Waals surface area contributed by atoms with Gasteiger partial charge in [-0.1, -0.05) is 13.8 Å². The predicted molar refractivity (Wildman–Crippen MR) is 121 cm³/mol. The van der Waals surface area contributed by atoms with Gasteiger partial charge < -0.3 is 19.3 Å². The van der Waals surface area contributed by atoms with Crippen LogP contribution in [0.15, 0.2) is 36.7 Å². The Morgan fingerprint density at radius 2 is 2.00 bits per heavy atom. The van der Waals surface area contributed by atoms with E-state index in [1.54, 1.807) is 6.20 Å². The average molecular weight is 441 g/mol. The van der Waals surface area contributed by atoms with Crippen LogP contribution in [-0.2, 0) is 10.3 Å². The highest BCUT2D eigenvalue weighted by Crippen LogP contribution is 2.48. The highest BCUT2D eigenvalue weighted by Gasteiger charge is 2.48. The number of benzene rings is 1. The second kappa shape index (κ2) is 8.28. The first-order valence-corrected chi connectivity index (χ1v) is 11.1. The van der Waals surface area contributed by atoms with E-state index in [1.807, 2.05) is 51.2 Å². The van der Waals surface area contributed by atoms with Gasteiger partial charge in [0.1, 0.15) is 18.1 Å². The SMILES string of the molecule is CC(C)C[C@@H](COc1ccc2c(c1)OC1(COC1)c1cnccc1-2)N(C(=O)O)C(C)(C)C. The van der Waals surface area contributed by atoms with Crippen LogP contribution < -0.4 is 9.47 Å². The van der Waals surface area contributed by atoms with E-state index < -0.39 is 17.2 Å². The molecule has 0 aliphatic carbocycles. The topological polar surface area (TPSA) is 81.1 Å². The smallest absolute Gasteiger partial charge is 0.408 e. The first-order valence-electron chi connectivity index (χ1n) is 11.1. The number of aromatic nitrogens is 1. The van der Waals surface area contributed by atoms with Crippen molar-refractivity contribution in [3.63, 3.8) is 0 Å². The summed E-state index contributed by atoms with van der Waals surface area (Å²) in [6.07, 6.45) is 3.42. The third-order valence-electron chi connectivity index (χ3n) is 6.01. The van der Waals surface area contributed by atoms with E-state index in [1.165, 1.54) is 4.90 Å². The Kier molecular flexibility index (Phi) is 5.79. The fourth-order valence-corrected chi connectivity index (χ4v) is 4.63. The number of hydrogen-bond donors (Lipinski definition) is 1. The third kappa shape index (κ3) is 4.13. The summed E-state index contributed by atoms with van der Waals surface area (Å²) < 4.78 is 18.0. The number of fused-ring (bicyclic) bond motifs is 4. The third-order valence-corrected chi connectivity index (χ3v) is 6.01. The van der Waals surface area contributed by atoms with Crippen LogP contribution in [0.25, 0.3) is 11.1 Å². The molecule has 1 atom stereocenters. The summed E-state index contributed by atoms with van der Waals surface area (Å²) in [5.41, 5.74) is 2.11. The molecule has 32 heavy (non-hydrogen) atoms. The van der Waals surface area contributed by atoms with Crippen molar-refractivity contribution in [3.8, 4) is 22.6 Å². The zero-order valence-electron chi connectivity index (χ0n) is 19.4. The maximum atomic E-state index is 12.0. The Morgan fingerprint density at radius 3 is 2.59 bits per heavy atom. The molecule has 0 saturated carbocycles. The maximum absolute atomic E-state index is 12.0. The Labute approximate surface area is 189 Å². The van der Waals surface area contributed by atoms with Crippen LogP contribution in [0.4, 0.5) is 4.79 Å². The number of pyridine rings is 1. The zero-order valence-corrected chi connectivity index (χ0v) is 19.4.